The molecule has 1 aromatic rings. The lowest BCUT2D eigenvalue weighted by Crippen LogP contribution is -2.36. The van der Waals surface area contributed by atoms with E-state index in [0.29, 0.717) is 6.54 Å². The van der Waals surface area contributed by atoms with E-state index in [-0.39, 0.29) is 35.2 Å². The number of nitrogens with zero attached hydrogens (tertiary/aromatic N) is 1. The fourth-order valence-electron chi connectivity index (χ4n) is 1.88. The van der Waals surface area contributed by atoms with Gasteiger partial charge in [-0.05, 0) is 25.0 Å². The zero-order valence-corrected chi connectivity index (χ0v) is 13.7. The molecule has 21 heavy (non-hydrogen) atoms. The standard InChI is InChI=1S/C14H23FN2O3S/c1-10(2)9-17(5-6-20-4)21(18,19)12-7-13(15)11(3)14(16)8-12/h7-8,10H,5-6,9,16H2,1-4H3. The van der Waals surface area contributed by atoms with Crippen LogP contribution in [-0.4, -0.2) is 39.5 Å². The summed E-state index contributed by atoms with van der Waals surface area (Å²) in [6.07, 6.45) is 0. The number of sulfonamides is 1. The van der Waals surface area contributed by atoms with Gasteiger partial charge in [0, 0.05) is 31.5 Å². The fourth-order valence-corrected chi connectivity index (χ4v) is 3.52. The predicted molar refractivity (Wildman–Crippen MR) is 81.0 cm³/mol. The quantitative estimate of drug-likeness (QED) is 0.781. The Hall–Kier alpha value is -1.18. The second-order valence-corrected chi connectivity index (χ2v) is 7.31. The van der Waals surface area contributed by atoms with Crippen molar-refractivity contribution in [1.82, 2.24) is 4.31 Å². The van der Waals surface area contributed by atoms with Crippen molar-refractivity contribution in [2.45, 2.75) is 25.7 Å². The fraction of sp³-hybridized carbons (Fsp3) is 0.571. The Bertz CT molecular complexity index is 565. The topological polar surface area (TPSA) is 72.6 Å². The Morgan fingerprint density at radius 1 is 1.38 bits per heavy atom. The molecule has 2 N–H and O–H groups in total. The molecule has 0 aliphatic rings. The molecule has 0 atom stereocenters. The Labute approximate surface area is 125 Å². The molecular formula is C14H23FN2O3S. The molecule has 0 bridgehead atoms. The number of halogens is 1. The highest BCUT2D eigenvalue weighted by Gasteiger charge is 2.26. The monoisotopic (exact) mass is 318 g/mol. The normalized spacial score (nSPS) is 12.3. The molecule has 7 heteroatoms. The molecule has 0 aromatic heterocycles. The van der Waals surface area contributed by atoms with Crippen LogP contribution in [0.4, 0.5) is 10.1 Å². The van der Waals surface area contributed by atoms with Crippen molar-refractivity contribution in [3.05, 3.63) is 23.5 Å². The Morgan fingerprint density at radius 3 is 2.48 bits per heavy atom. The van der Waals surface area contributed by atoms with Gasteiger partial charge in [-0.25, -0.2) is 12.8 Å². The number of methoxy groups -OCH3 is 1. The van der Waals surface area contributed by atoms with Crippen LogP contribution in [0.25, 0.3) is 0 Å². The molecule has 5 nitrogen and oxygen atoms in total. The lowest BCUT2D eigenvalue weighted by Gasteiger charge is -2.24. The van der Waals surface area contributed by atoms with E-state index in [0.717, 1.165) is 6.07 Å². The van der Waals surface area contributed by atoms with E-state index in [2.05, 4.69) is 0 Å². The highest BCUT2D eigenvalue weighted by Crippen LogP contribution is 2.24. The van der Waals surface area contributed by atoms with Gasteiger partial charge >= 0.3 is 0 Å². The third kappa shape index (κ3) is 4.39. The van der Waals surface area contributed by atoms with Crippen LogP contribution in [0, 0.1) is 18.7 Å². The van der Waals surface area contributed by atoms with E-state index in [1.807, 2.05) is 13.8 Å². The predicted octanol–water partition coefficient (Wildman–Crippen LogP) is 2.01. The molecule has 0 aliphatic heterocycles. The number of hydrogen-bond donors (Lipinski definition) is 1. The molecule has 0 aliphatic carbocycles. The van der Waals surface area contributed by atoms with Crippen molar-refractivity contribution in [2.24, 2.45) is 5.92 Å². The maximum atomic E-state index is 13.8. The molecule has 0 saturated carbocycles. The van der Waals surface area contributed by atoms with Gasteiger partial charge in [0.2, 0.25) is 10.0 Å². The Morgan fingerprint density at radius 2 is 2.00 bits per heavy atom. The lowest BCUT2D eigenvalue weighted by molar-refractivity contribution is 0.175. The first kappa shape index (κ1) is 17.9. The van der Waals surface area contributed by atoms with Crippen LogP contribution in [0.5, 0.6) is 0 Å². The van der Waals surface area contributed by atoms with Crippen molar-refractivity contribution in [3.63, 3.8) is 0 Å². The lowest BCUT2D eigenvalue weighted by atomic mass is 10.2. The van der Waals surface area contributed by atoms with Crippen LogP contribution in [0.2, 0.25) is 0 Å². The molecule has 1 rings (SSSR count). The number of anilines is 1. The van der Waals surface area contributed by atoms with E-state index >= 15 is 0 Å². The van der Waals surface area contributed by atoms with Crippen molar-refractivity contribution >= 4 is 15.7 Å². The summed E-state index contributed by atoms with van der Waals surface area (Å²) in [7, 11) is -2.29. The van der Waals surface area contributed by atoms with Crippen molar-refractivity contribution < 1.29 is 17.5 Å². The molecule has 0 saturated heterocycles. The number of ether oxygens (including phenoxy) is 1. The molecular weight excluding hydrogens is 295 g/mol. The molecule has 0 unspecified atom stereocenters. The van der Waals surface area contributed by atoms with Crippen LogP contribution in [0.3, 0.4) is 0 Å². The van der Waals surface area contributed by atoms with Crippen molar-refractivity contribution in [3.8, 4) is 0 Å². The van der Waals surface area contributed by atoms with Crippen LogP contribution >= 0.6 is 0 Å². The van der Waals surface area contributed by atoms with Crippen molar-refractivity contribution in [2.75, 3.05) is 32.5 Å². The third-order valence-corrected chi connectivity index (χ3v) is 4.95. The molecule has 0 amide bonds. The minimum atomic E-state index is -3.80. The van der Waals surface area contributed by atoms with E-state index in [1.165, 1.54) is 24.4 Å². The molecule has 0 spiro atoms. The Balaban J connectivity index is 3.21. The van der Waals surface area contributed by atoms with Crippen LogP contribution in [-0.2, 0) is 14.8 Å². The van der Waals surface area contributed by atoms with Gasteiger partial charge < -0.3 is 10.5 Å². The van der Waals surface area contributed by atoms with Gasteiger partial charge in [-0.2, -0.15) is 4.31 Å². The van der Waals surface area contributed by atoms with Gasteiger partial charge in [0.25, 0.3) is 0 Å². The second kappa shape index (κ2) is 7.20. The zero-order chi connectivity index (χ0) is 16.2. The summed E-state index contributed by atoms with van der Waals surface area (Å²) in [4.78, 5) is -0.125. The zero-order valence-electron chi connectivity index (χ0n) is 12.9. The van der Waals surface area contributed by atoms with Crippen LogP contribution in [0.15, 0.2) is 17.0 Å². The first-order valence-corrected chi connectivity index (χ1v) is 8.18. The minimum absolute atomic E-state index is 0.125. The summed E-state index contributed by atoms with van der Waals surface area (Å²) < 4.78 is 45.3. The molecule has 1 aromatic carbocycles. The summed E-state index contributed by atoms with van der Waals surface area (Å²) in [5.41, 5.74) is 6.05. The second-order valence-electron chi connectivity index (χ2n) is 5.37. The number of hydrogen-bond acceptors (Lipinski definition) is 4. The summed E-state index contributed by atoms with van der Waals surface area (Å²) in [6.45, 7) is 6.17. The van der Waals surface area contributed by atoms with Crippen LogP contribution < -0.4 is 5.73 Å². The van der Waals surface area contributed by atoms with Gasteiger partial charge in [-0.1, -0.05) is 13.8 Å². The van der Waals surface area contributed by atoms with E-state index in [9.17, 15) is 12.8 Å². The highest BCUT2D eigenvalue weighted by molar-refractivity contribution is 7.89. The number of benzene rings is 1. The Kier molecular flexibility index (Phi) is 6.12. The summed E-state index contributed by atoms with van der Waals surface area (Å²) in [5, 5.41) is 0. The maximum absolute atomic E-state index is 13.8. The molecule has 120 valence electrons. The van der Waals surface area contributed by atoms with E-state index in [4.69, 9.17) is 10.5 Å². The number of nitrogens with two attached hydrogens (primary N) is 1. The summed E-state index contributed by atoms with van der Waals surface area (Å²) in [6, 6.07) is 2.31. The van der Waals surface area contributed by atoms with Gasteiger partial charge in [0.05, 0.1) is 11.5 Å². The molecule has 0 fully saturated rings. The highest BCUT2D eigenvalue weighted by atomic mass is 32.2. The van der Waals surface area contributed by atoms with Crippen molar-refractivity contribution in [1.29, 1.82) is 0 Å². The largest absolute Gasteiger partial charge is 0.398 e. The van der Waals surface area contributed by atoms with E-state index < -0.39 is 15.8 Å². The van der Waals surface area contributed by atoms with Gasteiger partial charge in [-0.15, -0.1) is 0 Å². The molecule has 0 heterocycles. The average Bonchev–Trinajstić information content (AvgIpc) is 2.39. The summed E-state index contributed by atoms with van der Waals surface area (Å²) in [5.74, 6) is -0.478. The van der Waals surface area contributed by atoms with Gasteiger partial charge in [0.15, 0.2) is 0 Å². The summed E-state index contributed by atoms with van der Waals surface area (Å²) >= 11 is 0. The van der Waals surface area contributed by atoms with E-state index in [1.54, 1.807) is 0 Å². The minimum Gasteiger partial charge on any atom is -0.398 e. The first-order valence-electron chi connectivity index (χ1n) is 6.74. The maximum Gasteiger partial charge on any atom is 0.243 e. The molecule has 0 radical (unpaired) electrons. The first-order chi connectivity index (χ1) is 9.70. The number of nitrogen functional groups attached to an aromatic ring is 1. The van der Waals surface area contributed by atoms with Gasteiger partial charge in [-0.3, -0.25) is 0 Å². The van der Waals surface area contributed by atoms with Crippen LogP contribution in [0.1, 0.15) is 19.4 Å². The number of rotatable bonds is 7. The smallest absolute Gasteiger partial charge is 0.243 e. The van der Waals surface area contributed by atoms with Gasteiger partial charge in [0.1, 0.15) is 5.82 Å². The third-order valence-electron chi connectivity index (χ3n) is 3.11. The SMILES string of the molecule is COCCN(CC(C)C)S(=O)(=O)c1cc(N)c(C)c(F)c1. The average molecular weight is 318 g/mol.